The van der Waals surface area contributed by atoms with Crippen LogP contribution in [0.2, 0.25) is 0 Å². The van der Waals surface area contributed by atoms with Gasteiger partial charge in [0.25, 0.3) is 0 Å². The summed E-state index contributed by atoms with van der Waals surface area (Å²) in [5.74, 6) is 4.50. The first-order chi connectivity index (χ1) is 9.56. The Bertz CT molecular complexity index is 368. The average molecular weight is 278 g/mol. The molecule has 6 unspecified atom stereocenters. The highest BCUT2D eigenvalue weighted by molar-refractivity contribution is 5.81. The van der Waals surface area contributed by atoms with Gasteiger partial charge in [0.2, 0.25) is 5.91 Å². The number of rotatable bonds is 5. The Morgan fingerprint density at radius 3 is 2.60 bits per heavy atom. The van der Waals surface area contributed by atoms with E-state index in [-0.39, 0.29) is 11.9 Å². The molecule has 0 aliphatic heterocycles. The molecule has 0 aromatic heterocycles. The van der Waals surface area contributed by atoms with E-state index >= 15 is 0 Å². The highest BCUT2D eigenvalue weighted by Crippen LogP contribution is 2.58. The Kier molecular flexibility index (Phi) is 4.07. The minimum Gasteiger partial charge on any atom is -0.354 e. The predicted octanol–water partition coefficient (Wildman–Crippen LogP) is 2.56. The fourth-order valence-corrected chi connectivity index (χ4v) is 5.11. The van der Waals surface area contributed by atoms with Crippen molar-refractivity contribution in [2.75, 3.05) is 6.54 Å². The predicted molar refractivity (Wildman–Crippen MR) is 81.3 cm³/mol. The third-order valence-corrected chi connectivity index (χ3v) is 5.97. The molecule has 0 radical (unpaired) electrons. The van der Waals surface area contributed by atoms with Crippen molar-refractivity contribution in [3.05, 3.63) is 0 Å². The molecule has 3 fully saturated rings. The zero-order chi connectivity index (χ0) is 14.3. The molecule has 3 aliphatic rings. The number of fused-ring (bicyclic) bond motifs is 5. The topological polar surface area (TPSA) is 41.1 Å². The van der Waals surface area contributed by atoms with E-state index in [2.05, 4.69) is 24.5 Å². The highest BCUT2D eigenvalue weighted by Gasteiger charge is 2.53. The van der Waals surface area contributed by atoms with Crippen molar-refractivity contribution in [3.63, 3.8) is 0 Å². The first kappa shape index (κ1) is 14.4. The lowest BCUT2D eigenvalue weighted by atomic mass is 9.79. The maximum absolute atomic E-state index is 12.1. The third kappa shape index (κ3) is 2.61. The molecular formula is C17H30N2O. The van der Waals surface area contributed by atoms with Crippen molar-refractivity contribution in [2.45, 2.75) is 65.0 Å². The van der Waals surface area contributed by atoms with Crippen LogP contribution in [0.3, 0.4) is 0 Å². The summed E-state index contributed by atoms with van der Waals surface area (Å²) < 4.78 is 0. The third-order valence-electron chi connectivity index (χ3n) is 5.97. The van der Waals surface area contributed by atoms with Crippen molar-refractivity contribution in [1.29, 1.82) is 0 Å². The second-order valence-electron chi connectivity index (χ2n) is 7.79. The first-order valence-electron chi connectivity index (χ1n) is 8.60. The summed E-state index contributed by atoms with van der Waals surface area (Å²) in [6.45, 7) is 7.07. The molecule has 0 aromatic rings. The van der Waals surface area contributed by atoms with Gasteiger partial charge in [-0.2, -0.15) is 0 Å². The number of carbonyl (C=O) groups excluding carboxylic acids is 1. The van der Waals surface area contributed by atoms with Crippen molar-refractivity contribution >= 4 is 5.91 Å². The zero-order valence-electron chi connectivity index (χ0n) is 13.2. The van der Waals surface area contributed by atoms with Crippen LogP contribution < -0.4 is 10.6 Å². The van der Waals surface area contributed by atoms with Crippen molar-refractivity contribution < 1.29 is 4.79 Å². The fourth-order valence-electron chi connectivity index (χ4n) is 5.11. The van der Waals surface area contributed by atoms with Crippen LogP contribution >= 0.6 is 0 Å². The number of hydrogen-bond acceptors (Lipinski definition) is 2. The second kappa shape index (κ2) is 5.67. The summed E-state index contributed by atoms with van der Waals surface area (Å²) in [6.07, 6.45) is 7.10. The summed E-state index contributed by atoms with van der Waals surface area (Å²) in [5.41, 5.74) is 0. The molecule has 0 saturated heterocycles. The lowest BCUT2D eigenvalue weighted by Gasteiger charge is -2.33. The maximum atomic E-state index is 12.1. The van der Waals surface area contributed by atoms with Crippen LogP contribution in [0.1, 0.15) is 52.9 Å². The van der Waals surface area contributed by atoms with Gasteiger partial charge in [0.05, 0.1) is 6.04 Å². The molecule has 3 aliphatic carbocycles. The highest BCUT2D eigenvalue weighted by atomic mass is 16.2. The van der Waals surface area contributed by atoms with E-state index in [9.17, 15) is 4.79 Å². The Morgan fingerprint density at radius 1 is 1.10 bits per heavy atom. The Morgan fingerprint density at radius 2 is 1.85 bits per heavy atom. The van der Waals surface area contributed by atoms with E-state index in [0.717, 1.165) is 30.2 Å². The van der Waals surface area contributed by atoms with Crippen LogP contribution in [-0.2, 0) is 4.79 Å². The molecular weight excluding hydrogens is 248 g/mol. The van der Waals surface area contributed by atoms with Crippen LogP contribution in [0.15, 0.2) is 0 Å². The molecule has 3 heteroatoms. The molecule has 0 aromatic carbocycles. The van der Waals surface area contributed by atoms with Crippen LogP contribution in [-0.4, -0.2) is 24.5 Å². The standard InChI is InChI=1S/C17H30N2O/c1-10(2)9-18-17(20)11(3)19-16-8-12-7-15(16)14-6-4-5-13(12)14/h10-16,19H,4-9H2,1-3H3,(H,18,20). The molecule has 6 atom stereocenters. The molecule has 2 N–H and O–H groups in total. The number of amides is 1. The van der Waals surface area contributed by atoms with Gasteiger partial charge in [-0.1, -0.05) is 20.3 Å². The Balaban J connectivity index is 1.50. The lowest BCUT2D eigenvalue weighted by molar-refractivity contribution is -0.123. The number of hydrogen-bond donors (Lipinski definition) is 2. The summed E-state index contributed by atoms with van der Waals surface area (Å²) >= 11 is 0. The quantitative estimate of drug-likeness (QED) is 0.811. The molecule has 3 nitrogen and oxygen atoms in total. The van der Waals surface area contributed by atoms with E-state index in [1.54, 1.807) is 0 Å². The van der Waals surface area contributed by atoms with Gasteiger partial charge < -0.3 is 10.6 Å². The summed E-state index contributed by atoms with van der Waals surface area (Å²) in [6, 6.07) is 0.553. The van der Waals surface area contributed by atoms with Crippen LogP contribution in [0, 0.1) is 29.6 Å². The van der Waals surface area contributed by atoms with E-state index in [0.29, 0.717) is 12.0 Å². The van der Waals surface area contributed by atoms with Crippen LogP contribution in [0.4, 0.5) is 0 Å². The Hall–Kier alpha value is -0.570. The summed E-state index contributed by atoms with van der Waals surface area (Å²) in [4.78, 5) is 12.1. The monoisotopic (exact) mass is 278 g/mol. The zero-order valence-corrected chi connectivity index (χ0v) is 13.2. The molecule has 2 bridgehead atoms. The molecule has 0 heterocycles. The van der Waals surface area contributed by atoms with Gasteiger partial charge in [0, 0.05) is 12.6 Å². The smallest absolute Gasteiger partial charge is 0.236 e. The van der Waals surface area contributed by atoms with E-state index in [4.69, 9.17) is 0 Å². The Labute approximate surface area is 123 Å². The molecule has 1 amide bonds. The van der Waals surface area contributed by atoms with Crippen LogP contribution in [0.25, 0.3) is 0 Å². The normalized spacial score (nSPS) is 40.1. The van der Waals surface area contributed by atoms with Gasteiger partial charge in [-0.25, -0.2) is 0 Å². The number of nitrogens with one attached hydrogen (secondary N) is 2. The molecule has 114 valence electrons. The van der Waals surface area contributed by atoms with Crippen molar-refractivity contribution in [1.82, 2.24) is 10.6 Å². The van der Waals surface area contributed by atoms with Crippen LogP contribution in [0.5, 0.6) is 0 Å². The maximum Gasteiger partial charge on any atom is 0.236 e. The largest absolute Gasteiger partial charge is 0.354 e. The van der Waals surface area contributed by atoms with Gasteiger partial charge in [0.15, 0.2) is 0 Å². The van der Waals surface area contributed by atoms with Gasteiger partial charge in [-0.15, -0.1) is 0 Å². The summed E-state index contributed by atoms with van der Waals surface area (Å²) in [7, 11) is 0. The minimum absolute atomic E-state index is 0.0436. The van der Waals surface area contributed by atoms with Crippen molar-refractivity contribution in [2.24, 2.45) is 29.6 Å². The average Bonchev–Trinajstić information content (AvgIpc) is 3.06. The second-order valence-corrected chi connectivity index (χ2v) is 7.79. The lowest BCUT2D eigenvalue weighted by Crippen LogP contribution is -2.50. The van der Waals surface area contributed by atoms with E-state index in [1.165, 1.54) is 32.1 Å². The minimum atomic E-state index is -0.0436. The van der Waals surface area contributed by atoms with Gasteiger partial charge in [0.1, 0.15) is 0 Å². The van der Waals surface area contributed by atoms with E-state index in [1.807, 2.05) is 6.92 Å². The van der Waals surface area contributed by atoms with Gasteiger partial charge in [-0.3, -0.25) is 4.79 Å². The SMILES string of the molecule is CC(C)CNC(=O)C(C)NC1CC2CC1C1CCCC21. The van der Waals surface area contributed by atoms with Gasteiger partial charge >= 0.3 is 0 Å². The fraction of sp³-hybridized carbons (Fsp3) is 0.941. The van der Waals surface area contributed by atoms with Gasteiger partial charge in [-0.05, 0) is 62.2 Å². The van der Waals surface area contributed by atoms with E-state index < -0.39 is 0 Å². The molecule has 3 rings (SSSR count). The van der Waals surface area contributed by atoms with Crippen molar-refractivity contribution in [3.8, 4) is 0 Å². The summed E-state index contributed by atoms with van der Waals surface area (Å²) in [5, 5.41) is 6.68. The number of carbonyl (C=O) groups is 1. The molecule has 20 heavy (non-hydrogen) atoms. The first-order valence-corrected chi connectivity index (χ1v) is 8.60. The molecule has 3 saturated carbocycles. The molecule has 0 spiro atoms.